The van der Waals surface area contributed by atoms with E-state index in [1.54, 1.807) is 0 Å². The van der Waals surface area contributed by atoms with Crippen LogP contribution in [0.2, 0.25) is 0 Å². The summed E-state index contributed by atoms with van der Waals surface area (Å²) in [6.07, 6.45) is 4.52. The maximum Gasteiger partial charge on any atom is 0.191 e. The molecular formula is C20H36N6. The van der Waals surface area contributed by atoms with E-state index in [1.807, 2.05) is 6.20 Å². The van der Waals surface area contributed by atoms with Crippen LogP contribution in [0.3, 0.4) is 0 Å². The largest absolute Gasteiger partial charge is 0.357 e. The molecule has 2 rings (SSSR count). The molecule has 0 aliphatic carbocycles. The minimum atomic E-state index is 0.624. The topological polar surface area (TPSA) is 55.8 Å². The van der Waals surface area contributed by atoms with Crippen molar-refractivity contribution in [3.63, 3.8) is 0 Å². The third-order valence-corrected chi connectivity index (χ3v) is 5.07. The maximum absolute atomic E-state index is 4.73. The van der Waals surface area contributed by atoms with Gasteiger partial charge in [-0.25, -0.2) is 9.98 Å². The molecule has 1 fully saturated rings. The predicted octanol–water partition coefficient (Wildman–Crippen LogP) is 2.47. The Labute approximate surface area is 159 Å². The van der Waals surface area contributed by atoms with E-state index in [0.717, 1.165) is 50.1 Å². The van der Waals surface area contributed by atoms with Gasteiger partial charge in [-0.1, -0.05) is 13.0 Å². The van der Waals surface area contributed by atoms with Gasteiger partial charge in [-0.15, -0.1) is 0 Å². The van der Waals surface area contributed by atoms with E-state index in [1.165, 1.54) is 19.4 Å². The van der Waals surface area contributed by atoms with Gasteiger partial charge in [-0.2, -0.15) is 0 Å². The molecule has 0 aromatic carbocycles. The van der Waals surface area contributed by atoms with Crippen LogP contribution >= 0.6 is 0 Å². The van der Waals surface area contributed by atoms with Crippen molar-refractivity contribution in [1.29, 1.82) is 0 Å². The monoisotopic (exact) mass is 360 g/mol. The summed E-state index contributed by atoms with van der Waals surface area (Å²) in [5, 5.41) is 6.86. The van der Waals surface area contributed by atoms with Gasteiger partial charge in [0.1, 0.15) is 5.82 Å². The van der Waals surface area contributed by atoms with E-state index >= 15 is 0 Å². The quantitative estimate of drug-likeness (QED) is 0.523. The number of aromatic nitrogens is 1. The van der Waals surface area contributed by atoms with E-state index in [-0.39, 0.29) is 0 Å². The van der Waals surface area contributed by atoms with Crippen LogP contribution in [0.4, 0.5) is 5.82 Å². The Morgan fingerprint density at radius 3 is 2.65 bits per heavy atom. The van der Waals surface area contributed by atoms with Gasteiger partial charge < -0.3 is 15.5 Å². The highest BCUT2D eigenvalue weighted by molar-refractivity contribution is 5.79. The van der Waals surface area contributed by atoms with Gasteiger partial charge in [0.2, 0.25) is 0 Å². The fourth-order valence-electron chi connectivity index (χ4n) is 3.51. The normalized spacial score (nSPS) is 18.2. The number of rotatable bonds is 9. The third kappa shape index (κ3) is 5.87. The summed E-state index contributed by atoms with van der Waals surface area (Å²) in [5.74, 6) is 1.93. The van der Waals surface area contributed by atoms with Crippen molar-refractivity contribution < 1.29 is 0 Å². The first-order valence-corrected chi connectivity index (χ1v) is 10.2. The zero-order chi connectivity index (χ0) is 18.8. The van der Waals surface area contributed by atoms with Crippen LogP contribution in [0.5, 0.6) is 0 Å². The minimum Gasteiger partial charge on any atom is -0.357 e. The molecule has 6 nitrogen and oxygen atoms in total. The Morgan fingerprint density at radius 1 is 1.23 bits per heavy atom. The van der Waals surface area contributed by atoms with Crippen LogP contribution in [-0.2, 0) is 6.54 Å². The van der Waals surface area contributed by atoms with Crippen molar-refractivity contribution in [1.82, 2.24) is 20.5 Å². The number of pyridine rings is 1. The standard InChI is InChI=1S/C20H36N6/c1-5-21-20(24-16-18-10-9-13-26(18)8-4)23-15-17-11-12-19(22-14-17)25(6-2)7-3/h11-12,14,18H,5-10,13,15-16H2,1-4H3,(H2,21,23,24). The van der Waals surface area contributed by atoms with Gasteiger partial charge in [0.05, 0.1) is 6.54 Å². The summed E-state index contributed by atoms with van der Waals surface area (Å²) in [7, 11) is 0. The van der Waals surface area contributed by atoms with Crippen molar-refractivity contribution in [3.8, 4) is 0 Å². The minimum absolute atomic E-state index is 0.624. The van der Waals surface area contributed by atoms with E-state index in [0.29, 0.717) is 12.6 Å². The van der Waals surface area contributed by atoms with E-state index < -0.39 is 0 Å². The van der Waals surface area contributed by atoms with Gasteiger partial charge in [0, 0.05) is 38.4 Å². The maximum atomic E-state index is 4.73. The number of likely N-dealkylation sites (tertiary alicyclic amines) is 1. The number of guanidine groups is 1. The average molecular weight is 361 g/mol. The SMILES string of the molecule is CCNC(=NCc1ccc(N(CC)CC)nc1)NCC1CCCN1CC. The summed E-state index contributed by atoms with van der Waals surface area (Å²) in [6.45, 7) is 15.4. The van der Waals surface area contributed by atoms with Gasteiger partial charge in [0.15, 0.2) is 5.96 Å². The van der Waals surface area contributed by atoms with Gasteiger partial charge in [0.25, 0.3) is 0 Å². The number of aliphatic imine (C=N–C) groups is 1. The fourth-order valence-corrected chi connectivity index (χ4v) is 3.51. The summed E-state index contributed by atoms with van der Waals surface area (Å²) in [4.78, 5) is 14.1. The lowest BCUT2D eigenvalue weighted by molar-refractivity contribution is 0.267. The second-order valence-corrected chi connectivity index (χ2v) is 6.70. The summed E-state index contributed by atoms with van der Waals surface area (Å²) < 4.78 is 0. The molecule has 0 radical (unpaired) electrons. The molecule has 0 saturated carbocycles. The first-order chi connectivity index (χ1) is 12.7. The molecule has 2 heterocycles. The van der Waals surface area contributed by atoms with Crippen LogP contribution in [0.15, 0.2) is 23.3 Å². The first kappa shape index (κ1) is 20.5. The third-order valence-electron chi connectivity index (χ3n) is 5.07. The lowest BCUT2D eigenvalue weighted by atomic mass is 10.2. The molecule has 6 heteroatoms. The lowest BCUT2D eigenvalue weighted by Gasteiger charge is -2.24. The molecule has 1 atom stereocenters. The summed E-state index contributed by atoms with van der Waals surface area (Å²) in [5.41, 5.74) is 1.13. The molecule has 1 unspecified atom stereocenters. The highest BCUT2D eigenvalue weighted by Crippen LogP contribution is 2.15. The van der Waals surface area contributed by atoms with Crippen molar-refractivity contribution >= 4 is 11.8 Å². The predicted molar refractivity (Wildman–Crippen MR) is 111 cm³/mol. The fraction of sp³-hybridized carbons (Fsp3) is 0.700. The van der Waals surface area contributed by atoms with Crippen molar-refractivity contribution in [2.24, 2.45) is 4.99 Å². The molecule has 1 saturated heterocycles. The first-order valence-electron chi connectivity index (χ1n) is 10.2. The summed E-state index contributed by atoms with van der Waals surface area (Å²) in [6, 6.07) is 4.85. The van der Waals surface area contributed by atoms with Gasteiger partial charge >= 0.3 is 0 Å². The Morgan fingerprint density at radius 2 is 2.04 bits per heavy atom. The molecule has 1 aromatic rings. The number of nitrogens with zero attached hydrogens (tertiary/aromatic N) is 4. The number of hydrogen-bond donors (Lipinski definition) is 2. The molecule has 0 bridgehead atoms. The van der Waals surface area contributed by atoms with Gasteiger partial charge in [-0.05, 0) is 58.3 Å². The Kier molecular flexibility index (Phi) is 8.68. The molecule has 146 valence electrons. The number of anilines is 1. The van der Waals surface area contributed by atoms with Crippen molar-refractivity contribution in [2.45, 2.75) is 53.1 Å². The molecule has 1 aromatic heterocycles. The average Bonchev–Trinajstić information content (AvgIpc) is 3.13. The molecule has 1 aliphatic rings. The summed E-state index contributed by atoms with van der Waals surface area (Å²) >= 11 is 0. The zero-order valence-electron chi connectivity index (χ0n) is 17.0. The van der Waals surface area contributed by atoms with Crippen LogP contribution in [0.1, 0.15) is 46.1 Å². The van der Waals surface area contributed by atoms with Crippen molar-refractivity contribution in [2.75, 3.05) is 44.2 Å². The number of nitrogens with one attached hydrogen (secondary N) is 2. The highest BCUT2D eigenvalue weighted by Gasteiger charge is 2.22. The molecule has 26 heavy (non-hydrogen) atoms. The molecule has 2 N–H and O–H groups in total. The zero-order valence-corrected chi connectivity index (χ0v) is 17.0. The molecule has 0 amide bonds. The Hall–Kier alpha value is -1.82. The molecule has 1 aliphatic heterocycles. The van der Waals surface area contributed by atoms with Crippen LogP contribution < -0.4 is 15.5 Å². The van der Waals surface area contributed by atoms with Gasteiger partial charge in [-0.3, -0.25) is 4.90 Å². The van der Waals surface area contributed by atoms with Crippen molar-refractivity contribution in [3.05, 3.63) is 23.9 Å². The second kappa shape index (κ2) is 11.0. The Bertz CT molecular complexity index is 538. The molecular weight excluding hydrogens is 324 g/mol. The highest BCUT2D eigenvalue weighted by atomic mass is 15.2. The second-order valence-electron chi connectivity index (χ2n) is 6.70. The Balaban J connectivity index is 1.91. The van der Waals surface area contributed by atoms with E-state index in [2.05, 4.69) is 65.2 Å². The molecule has 0 spiro atoms. The van der Waals surface area contributed by atoms with Crippen LogP contribution in [0.25, 0.3) is 0 Å². The smallest absolute Gasteiger partial charge is 0.191 e. The van der Waals surface area contributed by atoms with E-state index in [9.17, 15) is 0 Å². The number of hydrogen-bond acceptors (Lipinski definition) is 4. The van der Waals surface area contributed by atoms with E-state index in [4.69, 9.17) is 4.99 Å². The van der Waals surface area contributed by atoms with Crippen LogP contribution in [0, 0.1) is 0 Å². The lowest BCUT2D eigenvalue weighted by Crippen LogP contribution is -2.44. The van der Waals surface area contributed by atoms with Crippen LogP contribution in [-0.4, -0.2) is 61.2 Å². The number of likely N-dealkylation sites (N-methyl/N-ethyl adjacent to an activating group) is 1.